The topological polar surface area (TPSA) is 76.1 Å². The van der Waals surface area contributed by atoms with Gasteiger partial charge in [0, 0.05) is 25.2 Å². The van der Waals surface area contributed by atoms with Gasteiger partial charge in [-0.25, -0.2) is 8.42 Å². The lowest BCUT2D eigenvalue weighted by molar-refractivity contribution is 0.0735. The highest BCUT2D eigenvalue weighted by Crippen LogP contribution is 2.39. The van der Waals surface area contributed by atoms with Gasteiger partial charge in [-0.1, -0.05) is 18.6 Å². The molecule has 3 heterocycles. The van der Waals surface area contributed by atoms with Crippen molar-refractivity contribution in [2.75, 3.05) is 32.8 Å². The highest BCUT2D eigenvalue weighted by Gasteiger charge is 2.33. The molecule has 3 aliphatic heterocycles. The lowest BCUT2D eigenvalue weighted by atomic mass is 10.0. The van der Waals surface area contributed by atoms with Crippen LogP contribution >= 0.6 is 0 Å². The molecule has 1 atom stereocenters. The number of hydrogen-bond acceptors (Lipinski definition) is 5. The fraction of sp³-hybridized carbons (Fsp3) is 0.480. The molecule has 0 aliphatic carbocycles. The minimum absolute atomic E-state index is 0.0724. The molecule has 7 nitrogen and oxygen atoms in total. The van der Waals surface area contributed by atoms with E-state index in [-0.39, 0.29) is 16.8 Å². The molecule has 5 rings (SSSR count). The minimum atomic E-state index is -3.62. The Morgan fingerprint density at radius 2 is 1.67 bits per heavy atom. The van der Waals surface area contributed by atoms with Crippen molar-refractivity contribution in [3.8, 4) is 11.5 Å². The van der Waals surface area contributed by atoms with Gasteiger partial charge in [-0.05, 0) is 68.0 Å². The second kappa shape index (κ2) is 8.99. The van der Waals surface area contributed by atoms with Crippen molar-refractivity contribution in [2.45, 2.75) is 50.0 Å². The maximum Gasteiger partial charge on any atom is 0.254 e. The molecule has 0 N–H and O–H groups in total. The molecule has 1 unspecified atom stereocenters. The number of piperidine rings is 1. The first-order valence-electron chi connectivity index (χ1n) is 11.8. The van der Waals surface area contributed by atoms with Crippen LogP contribution in [0.5, 0.6) is 11.5 Å². The summed E-state index contributed by atoms with van der Waals surface area (Å²) in [7, 11) is -3.62. The molecule has 2 fully saturated rings. The Balaban J connectivity index is 1.42. The Kier molecular flexibility index (Phi) is 6.05. The van der Waals surface area contributed by atoms with E-state index in [0.717, 1.165) is 43.4 Å². The lowest BCUT2D eigenvalue weighted by Gasteiger charge is -2.28. The summed E-state index contributed by atoms with van der Waals surface area (Å²) in [6.07, 6.45) is 4.56. The minimum Gasteiger partial charge on any atom is -0.486 e. The van der Waals surface area contributed by atoms with Crippen LogP contribution < -0.4 is 9.47 Å². The summed E-state index contributed by atoms with van der Waals surface area (Å²) in [4.78, 5) is 15.6. The van der Waals surface area contributed by atoms with E-state index in [1.165, 1.54) is 0 Å². The highest BCUT2D eigenvalue weighted by molar-refractivity contribution is 7.89. The van der Waals surface area contributed by atoms with Gasteiger partial charge in [0.2, 0.25) is 10.0 Å². The van der Waals surface area contributed by atoms with E-state index in [2.05, 4.69) is 0 Å². The monoisotopic (exact) mass is 470 g/mol. The Bertz CT molecular complexity index is 1160. The van der Waals surface area contributed by atoms with E-state index >= 15 is 0 Å². The molecule has 2 saturated heterocycles. The summed E-state index contributed by atoms with van der Waals surface area (Å²) >= 11 is 0. The van der Waals surface area contributed by atoms with E-state index in [1.807, 2.05) is 23.1 Å². The fourth-order valence-corrected chi connectivity index (χ4v) is 6.81. The molecular formula is C25H30N2O5S. The Hall–Kier alpha value is -2.58. The largest absolute Gasteiger partial charge is 0.486 e. The number of amides is 1. The number of carbonyl (C=O) groups is 1. The van der Waals surface area contributed by atoms with Crippen molar-refractivity contribution >= 4 is 15.9 Å². The zero-order chi connectivity index (χ0) is 23.0. The van der Waals surface area contributed by atoms with Crippen LogP contribution in [0.2, 0.25) is 0 Å². The number of fused-ring (bicyclic) bond motifs is 1. The van der Waals surface area contributed by atoms with Crippen LogP contribution in [-0.2, 0) is 10.0 Å². The normalized spacial score (nSPS) is 21.2. The molecule has 8 heteroatoms. The van der Waals surface area contributed by atoms with Crippen LogP contribution in [0.15, 0.2) is 41.3 Å². The summed E-state index contributed by atoms with van der Waals surface area (Å²) in [6.45, 7) is 4.56. The number of ether oxygens (including phenoxy) is 2. The molecule has 0 radical (unpaired) electrons. The first-order chi connectivity index (χ1) is 15.9. The molecule has 3 aliphatic rings. The molecule has 2 aromatic carbocycles. The SMILES string of the molecule is Cc1ccc(C(=O)N2CCCC2c2ccc3c(c2)OCCO3)cc1S(=O)(=O)N1CCCCC1. The third kappa shape index (κ3) is 4.22. The summed E-state index contributed by atoms with van der Waals surface area (Å²) < 4.78 is 39.5. The molecule has 0 bridgehead atoms. The number of aryl methyl sites for hydroxylation is 1. The number of nitrogens with zero attached hydrogens (tertiary/aromatic N) is 2. The Labute approximate surface area is 195 Å². The smallest absolute Gasteiger partial charge is 0.254 e. The van der Waals surface area contributed by atoms with Gasteiger partial charge in [-0.2, -0.15) is 4.31 Å². The van der Waals surface area contributed by atoms with Gasteiger partial charge in [0.25, 0.3) is 5.91 Å². The second-order valence-corrected chi connectivity index (χ2v) is 10.9. The summed E-state index contributed by atoms with van der Waals surface area (Å²) in [5.74, 6) is 1.30. The van der Waals surface area contributed by atoms with Crippen molar-refractivity contribution in [1.82, 2.24) is 9.21 Å². The number of rotatable bonds is 4. The predicted octanol–water partition coefficient (Wildman–Crippen LogP) is 3.92. The van der Waals surface area contributed by atoms with Crippen LogP contribution in [0.1, 0.15) is 59.6 Å². The van der Waals surface area contributed by atoms with Gasteiger partial charge in [-0.15, -0.1) is 0 Å². The molecule has 2 aromatic rings. The van der Waals surface area contributed by atoms with Gasteiger partial charge in [0.15, 0.2) is 11.5 Å². The zero-order valence-electron chi connectivity index (χ0n) is 19.0. The zero-order valence-corrected chi connectivity index (χ0v) is 19.8. The second-order valence-electron chi connectivity index (χ2n) is 9.00. The molecule has 0 aromatic heterocycles. The van der Waals surface area contributed by atoms with Gasteiger partial charge in [-0.3, -0.25) is 4.79 Å². The predicted molar refractivity (Wildman–Crippen MR) is 124 cm³/mol. The number of benzene rings is 2. The van der Waals surface area contributed by atoms with Crippen LogP contribution in [0.3, 0.4) is 0 Å². The van der Waals surface area contributed by atoms with Crippen LogP contribution in [0, 0.1) is 6.92 Å². The highest BCUT2D eigenvalue weighted by atomic mass is 32.2. The molecule has 1 amide bonds. The standard InChI is InChI=1S/C25H30N2O5S/c1-18-7-8-20(17-24(18)33(29,30)26-11-3-2-4-12-26)25(28)27-13-5-6-21(27)19-9-10-22-23(16-19)32-15-14-31-22/h7-10,16-17,21H,2-6,11-15H2,1H3. The van der Waals surface area contributed by atoms with Crippen LogP contribution in [0.25, 0.3) is 0 Å². The maximum absolute atomic E-state index is 13.5. The van der Waals surface area contributed by atoms with Gasteiger partial charge in [0.1, 0.15) is 13.2 Å². The number of likely N-dealkylation sites (tertiary alicyclic amines) is 1. The lowest BCUT2D eigenvalue weighted by Crippen LogP contribution is -2.36. The van der Waals surface area contributed by atoms with Gasteiger partial charge in [0.05, 0.1) is 10.9 Å². The quantitative estimate of drug-likeness (QED) is 0.677. The fourth-order valence-electron chi connectivity index (χ4n) is 5.04. The molecule has 0 saturated carbocycles. The maximum atomic E-state index is 13.5. The molecule has 0 spiro atoms. The van der Waals surface area contributed by atoms with Gasteiger partial charge >= 0.3 is 0 Å². The number of sulfonamides is 1. The van der Waals surface area contributed by atoms with E-state index < -0.39 is 10.0 Å². The van der Waals surface area contributed by atoms with Crippen molar-refractivity contribution in [3.63, 3.8) is 0 Å². The molecule has 176 valence electrons. The van der Waals surface area contributed by atoms with E-state index in [1.54, 1.807) is 29.4 Å². The molecular weight excluding hydrogens is 440 g/mol. The van der Waals surface area contributed by atoms with E-state index in [9.17, 15) is 13.2 Å². The number of carbonyl (C=O) groups excluding carboxylic acids is 1. The average molecular weight is 471 g/mol. The Morgan fingerprint density at radius 1 is 0.909 bits per heavy atom. The van der Waals surface area contributed by atoms with Crippen molar-refractivity contribution < 1.29 is 22.7 Å². The summed E-state index contributed by atoms with van der Waals surface area (Å²) in [6, 6.07) is 10.8. The van der Waals surface area contributed by atoms with Crippen molar-refractivity contribution in [1.29, 1.82) is 0 Å². The molecule has 33 heavy (non-hydrogen) atoms. The first-order valence-corrected chi connectivity index (χ1v) is 13.2. The van der Waals surface area contributed by atoms with E-state index in [0.29, 0.717) is 49.7 Å². The third-order valence-electron chi connectivity index (χ3n) is 6.83. The van der Waals surface area contributed by atoms with Crippen molar-refractivity contribution in [2.24, 2.45) is 0 Å². The van der Waals surface area contributed by atoms with Gasteiger partial charge < -0.3 is 14.4 Å². The Morgan fingerprint density at radius 3 is 2.45 bits per heavy atom. The summed E-state index contributed by atoms with van der Waals surface area (Å²) in [5.41, 5.74) is 2.10. The van der Waals surface area contributed by atoms with Crippen LogP contribution in [0.4, 0.5) is 0 Å². The first kappa shape index (κ1) is 22.2. The third-order valence-corrected chi connectivity index (χ3v) is 8.87. The average Bonchev–Trinajstić information content (AvgIpc) is 3.34. The van der Waals surface area contributed by atoms with E-state index in [4.69, 9.17) is 9.47 Å². The number of hydrogen-bond donors (Lipinski definition) is 0. The summed E-state index contributed by atoms with van der Waals surface area (Å²) in [5, 5.41) is 0. The van der Waals surface area contributed by atoms with Crippen molar-refractivity contribution in [3.05, 3.63) is 53.1 Å². The van der Waals surface area contributed by atoms with Crippen LogP contribution in [-0.4, -0.2) is 56.4 Å².